The summed E-state index contributed by atoms with van der Waals surface area (Å²) in [5, 5.41) is 18.2. The van der Waals surface area contributed by atoms with Gasteiger partial charge < -0.3 is 10.2 Å². The molecule has 0 bridgehead atoms. The van der Waals surface area contributed by atoms with Crippen LogP contribution in [0, 0.1) is 0 Å². The molecule has 19 heavy (non-hydrogen) atoms. The second kappa shape index (κ2) is 6.61. The van der Waals surface area contributed by atoms with Crippen LogP contribution < -0.4 is 0 Å². The summed E-state index contributed by atoms with van der Waals surface area (Å²) >= 11 is 1.36. The molecule has 2 N–H and O–H groups in total. The molecule has 0 radical (unpaired) electrons. The van der Waals surface area contributed by atoms with Crippen LogP contribution in [0.3, 0.4) is 0 Å². The fraction of sp³-hybridized carbons (Fsp3) is 0.429. The Kier molecular flexibility index (Phi) is 5.42. The smallest absolute Gasteiger partial charge is 0.335 e. The summed E-state index contributed by atoms with van der Waals surface area (Å²) < 4.78 is -0.792. The van der Waals surface area contributed by atoms with Gasteiger partial charge in [-0.05, 0) is 30.5 Å². The molecule has 0 saturated heterocycles. The second-order valence-corrected chi connectivity index (χ2v) is 5.66. The van der Waals surface area contributed by atoms with Crippen molar-refractivity contribution in [3.8, 4) is 0 Å². The predicted octanol–water partition coefficient (Wildman–Crippen LogP) is 3.26. The van der Waals surface area contributed by atoms with Crippen LogP contribution in [-0.2, 0) is 10.5 Å². The van der Waals surface area contributed by atoms with Gasteiger partial charge in [0.2, 0.25) is 0 Å². The highest BCUT2D eigenvalue weighted by atomic mass is 32.2. The van der Waals surface area contributed by atoms with E-state index in [0.29, 0.717) is 18.6 Å². The molecule has 0 heterocycles. The van der Waals surface area contributed by atoms with Gasteiger partial charge in [0.25, 0.3) is 0 Å². The van der Waals surface area contributed by atoms with E-state index in [4.69, 9.17) is 5.11 Å². The van der Waals surface area contributed by atoms with E-state index in [2.05, 4.69) is 0 Å². The first kappa shape index (κ1) is 15.6. The number of carboxylic acid groups (broad SMARTS) is 2. The van der Waals surface area contributed by atoms with Gasteiger partial charge in [0, 0.05) is 5.75 Å². The number of aromatic carboxylic acids is 1. The Hall–Kier alpha value is -1.49. The number of benzene rings is 1. The maximum Gasteiger partial charge on any atom is 0.335 e. The molecule has 0 aliphatic carbocycles. The number of rotatable bonds is 7. The van der Waals surface area contributed by atoms with E-state index in [1.54, 1.807) is 12.1 Å². The van der Waals surface area contributed by atoms with Gasteiger partial charge in [-0.1, -0.05) is 26.0 Å². The van der Waals surface area contributed by atoms with Crippen molar-refractivity contribution < 1.29 is 19.8 Å². The monoisotopic (exact) mass is 282 g/mol. The van der Waals surface area contributed by atoms with Crippen LogP contribution in [0.2, 0.25) is 0 Å². The minimum Gasteiger partial charge on any atom is -0.480 e. The van der Waals surface area contributed by atoms with E-state index < -0.39 is 16.7 Å². The Balaban J connectivity index is 2.83. The molecule has 1 aromatic rings. The molecular weight excluding hydrogens is 264 g/mol. The van der Waals surface area contributed by atoms with Crippen molar-refractivity contribution in [1.82, 2.24) is 0 Å². The van der Waals surface area contributed by atoms with Crippen LogP contribution in [0.25, 0.3) is 0 Å². The minimum atomic E-state index is -0.970. The predicted molar refractivity (Wildman–Crippen MR) is 75.6 cm³/mol. The normalized spacial score (nSPS) is 11.3. The Labute approximate surface area is 116 Å². The van der Waals surface area contributed by atoms with Crippen molar-refractivity contribution in [2.75, 3.05) is 0 Å². The highest BCUT2D eigenvalue weighted by Gasteiger charge is 2.35. The van der Waals surface area contributed by atoms with E-state index in [9.17, 15) is 14.7 Å². The standard InChI is InChI=1S/C14H18O4S/c1-3-14(4-2,13(17)18)19-9-10-6-5-7-11(8-10)12(15)16/h5-8H,3-4,9H2,1-2H3,(H,15,16)(H,17,18). The zero-order valence-electron chi connectivity index (χ0n) is 11.0. The quantitative estimate of drug-likeness (QED) is 0.803. The molecule has 4 nitrogen and oxygen atoms in total. The molecule has 0 aliphatic rings. The van der Waals surface area contributed by atoms with Crippen molar-refractivity contribution in [3.05, 3.63) is 35.4 Å². The van der Waals surface area contributed by atoms with Crippen molar-refractivity contribution >= 4 is 23.7 Å². The molecule has 1 aromatic carbocycles. The lowest BCUT2D eigenvalue weighted by atomic mass is 10.0. The molecule has 0 amide bonds. The molecule has 0 atom stereocenters. The third kappa shape index (κ3) is 3.73. The third-order valence-corrected chi connectivity index (χ3v) is 5.00. The second-order valence-electron chi connectivity index (χ2n) is 4.30. The van der Waals surface area contributed by atoms with Gasteiger partial charge in [0.05, 0.1) is 5.56 Å². The van der Waals surface area contributed by atoms with Crippen LogP contribution in [0.1, 0.15) is 42.6 Å². The van der Waals surface area contributed by atoms with E-state index in [0.717, 1.165) is 5.56 Å². The highest BCUT2D eigenvalue weighted by molar-refractivity contribution is 8.00. The maximum atomic E-state index is 11.4. The topological polar surface area (TPSA) is 74.6 Å². The highest BCUT2D eigenvalue weighted by Crippen LogP contribution is 2.35. The van der Waals surface area contributed by atoms with Gasteiger partial charge in [0.1, 0.15) is 4.75 Å². The zero-order chi connectivity index (χ0) is 14.5. The summed E-state index contributed by atoms with van der Waals surface area (Å²) in [5.41, 5.74) is 1.06. The van der Waals surface area contributed by atoms with Crippen molar-refractivity contribution in [3.63, 3.8) is 0 Å². The Morgan fingerprint density at radius 2 is 1.84 bits per heavy atom. The molecule has 1 rings (SSSR count). The van der Waals surface area contributed by atoms with Gasteiger partial charge in [-0.2, -0.15) is 0 Å². The molecular formula is C14H18O4S. The molecule has 0 unspecified atom stereocenters. The van der Waals surface area contributed by atoms with E-state index >= 15 is 0 Å². The average molecular weight is 282 g/mol. The molecule has 104 valence electrons. The number of thioether (sulfide) groups is 1. The van der Waals surface area contributed by atoms with Crippen LogP contribution in [0.15, 0.2) is 24.3 Å². The lowest BCUT2D eigenvalue weighted by Gasteiger charge is -2.26. The largest absolute Gasteiger partial charge is 0.480 e. The Morgan fingerprint density at radius 1 is 1.21 bits per heavy atom. The molecule has 0 aromatic heterocycles. The van der Waals surface area contributed by atoms with Gasteiger partial charge >= 0.3 is 11.9 Å². The SMILES string of the molecule is CCC(CC)(SCc1cccc(C(=O)O)c1)C(=O)O. The van der Waals surface area contributed by atoms with Gasteiger partial charge in [-0.15, -0.1) is 11.8 Å². The Morgan fingerprint density at radius 3 is 2.32 bits per heavy atom. The maximum absolute atomic E-state index is 11.4. The lowest BCUT2D eigenvalue weighted by Crippen LogP contribution is -2.33. The summed E-state index contributed by atoms with van der Waals surface area (Å²) in [7, 11) is 0. The Bertz CT molecular complexity index is 466. The number of carbonyl (C=O) groups is 2. The molecule has 0 spiro atoms. The molecule has 0 aliphatic heterocycles. The van der Waals surface area contributed by atoms with Crippen molar-refractivity contribution in [2.45, 2.75) is 37.2 Å². The fourth-order valence-corrected chi connectivity index (χ4v) is 2.99. The zero-order valence-corrected chi connectivity index (χ0v) is 11.9. The molecule has 5 heteroatoms. The third-order valence-electron chi connectivity index (χ3n) is 3.22. The van der Waals surface area contributed by atoms with E-state index in [1.165, 1.54) is 17.8 Å². The van der Waals surface area contributed by atoms with Crippen LogP contribution in [0.5, 0.6) is 0 Å². The average Bonchev–Trinajstić information content (AvgIpc) is 2.40. The van der Waals surface area contributed by atoms with Crippen molar-refractivity contribution in [1.29, 1.82) is 0 Å². The minimum absolute atomic E-state index is 0.229. The summed E-state index contributed by atoms with van der Waals surface area (Å²) in [6.07, 6.45) is 1.09. The summed E-state index contributed by atoms with van der Waals surface area (Å²) in [6, 6.07) is 6.62. The van der Waals surface area contributed by atoms with Crippen LogP contribution in [-0.4, -0.2) is 26.9 Å². The van der Waals surface area contributed by atoms with Crippen LogP contribution >= 0.6 is 11.8 Å². The number of hydrogen-bond acceptors (Lipinski definition) is 3. The first-order valence-corrected chi connectivity index (χ1v) is 7.13. The summed E-state index contributed by atoms with van der Waals surface area (Å²) in [5.74, 6) is -1.28. The molecule has 0 saturated carbocycles. The fourth-order valence-electron chi connectivity index (χ4n) is 1.83. The van der Waals surface area contributed by atoms with Gasteiger partial charge in [-0.3, -0.25) is 4.79 Å². The summed E-state index contributed by atoms with van der Waals surface area (Å²) in [6.45, 7) is 3.72. The summed E-state index contributed by atoms with van der Waals surface area (Å²) in [4.78, 5) is 22.2. The van der Waals surface area contributed by atoms with Gasteiger partial charge in [-0.25, -0.2) is 4.79 Å². The first-order valence-electron chi connectivity index (χ1n) is 6.14. The van der Waals surface area contributed by atoms with Gasteiger partial charge in [0.15, 0.2) is 0 Å². The lowest BCUT2D eigenvalue weighted by molar-refractivity contribution is -0.140. The first-order chi connectivity index (χ1) is 8.95. The van der Waals surface area contributed by atoms with E-state index in [-0.39, 0.29) is 5.56 Å². The number of hydrogen-bond donors (Lipinski definition) is 2. The number of carboxylic acids is 2. The van der Waals surface area contributed by atoms with Crippen LogP contribution in [0.4, 0.5) is 0 Å². The number of aliphatic carboxylic acids is 1. The van der Waals surface area contributed by atoms with E-state index in [1.807, 2.05) is 19.9 Å². The van der Waals surface area contributed by atoms with Crippen molar-refractivity contribution in [2.24, 2.45) is 0 Å². The molecule has 0 fully saturated rings.